The van der Waals surface area contributed by atoms with Crippen LogP contribution in [0.4, 0.5) is 17.3 Å². The number of fused-ring (bicyclic) bond motifs is 1. The van der Waals surface area contributed by atoms with E-state index in [-0.39, 0.29) is 6.04 Å². The van der Waals surface area contributed by atoms with Gasteiger partial charge in [0.2, 0.25) is 0 Å². The van der Waals surface area contributed by atoms with Crippen molar-refractivity contribution in [1.82, 2.24) is 14.9 Å². The average molecular weight is 436 g/mol. The lowest BCUT2D eigenvalue weighted by Crippen LogP contribution is -2.55. The summed E-state index contributed by atoms with van der Waals surface area (Å²) in [4.78, 5) is 13.4. The van der Waals surface area contributed by atoms with E-state index in [4.69, 9.17) is 11.6 Å². The van der Waals surface area contributed by atoms with Crippen molar-refractivity contribution in [2.45, 2.75) is 31.5 Å². The Balaban J connectivity index is 1.24. The standard InChI is InChI=1S/C24H26ClN5O/c25-19-5-7-20(8-6-19)28-23-13-24(27-16-26-23)30-12-10-21(22(31)15-30)29-11-9-17-3-1-2-4-18(17)14-29/h1-8,13,16,21-22,31H,9-12,14-15H2,(H,26,27,28)/t21?,22-/m0/s1. The van der Waals surface area contributed by atoms with Crippen molar-refractivity contribution in [1.29, 1.82) is 0 Å². The molecule has 2 aromatic carbocycles. The van der Waals surface area contributed by atoms with E-state index in [0.717, 1.165) is 49.8 Å². The molecule has 2 atom stereocenters. The number of rotatable bonds is 4. The first kappa shape index (κ1) is 20.2. The summed E-state index contributed by atoms with van der Waals surface area (Å²) in [5, 5.41) is 15.0. The molecule has 0 amide bonds. The van der Waals surface area contributed by atoms with Crippen molar-refractivity contribution in [2.24, 2.45) is 0 Å². The number of aliphatic hydroxyl groups excluding tert-OH is 1. The summed E-state index contributed by atoms with van der Waals surface area (Å²) in [5.41, 5.74) is 3.74. The van der Waals surface area contributed by atoms with Gasteiger partial charge in [-0.25, -0.2) is 9.97 Å². The molecule has 7 heteroatoms. The van der Waals surface area contributed by atoms with Crippen LogP contribution in [0.2, 0.25) is 5.02 Å². The molecular formula is C24H26ClN5O. The lowest BCUT2D eigenvalue weighted by molar-refractivity contribution is 0.0293. The smallest absolute Gasteiger partial charge is 0.135 e. The number of piperidine rings is 1. The second kappa shape index (κ2) is 8.83. The first-order valence-electron chi connectivity index (χ1n) is 10.7. The van der Waals surface area contributed by atoms with Gasteiger partial charge in [-0.15, -0.1) is 0 Å². The van der Waals surface area contributed by atoms with Gasteiger partial charge >= 0.3 is 0 Å². The SMILES string of the molecule is O[C@H]1CN(c2cc(Nc3ccc(Cl)cc3)ncn2)CCC1N1CCc2ccccc2C1. The molecule has 2 aliphatic rings. The van der Waals surface area contributed by atoms with E-state index in [1.54, 1.807) is 6.33 Å². The maximum Gasteiger partial charge on any atom is 0.135 e. The fourth-order valence-corrected chi connectivity index (χ4v) is 4.75. The number of nitrogens with one attached hydrogen (secondary N) is 1. The number of β-amino-alcohol motifs (C(OH)–C–C–N with tert-alkyl or cyclic N) is 1. The Kier molecular flexibility index (Phi) is 5.76. The third-order valence-electron chi connectivity index (χ3n) is 6.27. The largest absolute Gasteiger partial charge is 0.390 e. The number of anilines is 3. The Hall–Kier alpha value is -2.67. The Bertz CT molecular complexity index is 1040. The molecule has 2 N–H and O–H groups in total. The molecule has 0 spiro atoms. The molecule has 3 aromatic rings. The van der Waals surface area contributed by atoms with E-state index in [1.165, 1.54) is 11.1 Å². The molecule has 1 unspecified atom stereocenters. The van der Waals surface area contributed by atoms with Gasteiger partial charge in [-0.1, -0.05) is 35.9 Å². The van der Waals surface area contributed by atoms with Crippen molar-refractivity contribution < 1.29 is 5.11 Å². The maximum atomic E-state index is 11.0. The summed E-state index contributed by atoms with van der Waals surface area (Å²) in [6.45, 7) is 3.35. The third kappa shape index (κ3) is 4.51. The lowest BCUT2D eigenvalue weighted by Gasteiger charge is -2.43. The van der Waals surface area contributed by atoms with Crippen LogP contribution in [0.15, 0.2) is 60.9 Å². The number of aromatic nitrogens is 2. The second-order valence-corrected chi connectivity index (χ2v) is 8.69. The Morgan fingerprint density at radius 2 is 1.81 bits per heavy atom. The molecule has 0 radical (unpaired) electrons. The molecule has 1 saturated heterocycles. The van der Waals surface area contributed by atoms with Gasteiger partial charge < -0.3 is 15.3 Å². The minimum atomic E-state index is -0.415. The van der Waals surface area contributed by atoms with Crippen molar-refractivity contribution in [3.63, 3.8) is 0 Å². The van der Waals surface area contributed by atoms with Crippen LogP contribution in [0.25, 0.3) is 0 Å². The van der Waals surface area contributed by atoms with Crippen LogP contribution in [0.1, 0.15) is 17.5 Å². The Morgan fingerprint density at radius 3 is 2.61 bits per heavy atom. The van der Waals surface area contributed by atoms with Gasteiger partial charge in [-0.3, -0.25) is 4.90 Å². The van der Waals surface area contributed by atoms with Crippen LogP contribution in [-0.4, -0.2) is 51.8 Å². The van der Waals surface area contributed by atoms with E-state index >= 15 is 0 Å². The highest BCUT2D eigenvalue weighted by Crippen LogP contribution is 2.28. The minimum absolute atomic E-state index is 0.179. The average Bonchev–Trinajstić information content (AvgIpc) is 2.80. The summed E-state index contributed by atoms with van der Waals surface area (Å²) >= 11 is 5.96. The fourth-order valence-electron chi connectivity index (χ4n) is 4.62. The van der Waals surface area contributed by atoms with E-state index < -0.39 is 6.10 Å². The van der Waals surface area contributed by atoms with Crippen LogP contribution >= 0.6 is 11.6 Å². The van der Waals surface area contributed by atoms with Crippen molar-refractivity contribution in [2.75, 3.05) is 29.9 Å². The van der Waals surface area contributed by atoms with Crippen molar-refractivity contribution in [3.05, 3.63) is 77.1 Å². The molecule has 2 aliphatic heterocycles. The first-order valence-corrected chi connectivity index (χ1v) is 11.1. The molecule has 31 heavy (non-hydrogen) atoms. The van der Waals surface area contributed by atoms with Crippen LogP contribution in [0, 0.1) is 0 Å². The zero-order valence-corrected chi connectivity index (χ0v) is 18.0. The first-order chi connectivity index (χ1) is 15.2. The van der Waals surface area contributed by atoms with E-state index in [2.05, 4.69) is 49.4 Å². The van der Waals surface area contributed by atoms with Gasteiger partial charge in [0, 0.05) is 49.0 Å². The number of benzene rings is 2. The molecule has 0 saturated carbocycles. The molecule has 1 fully saturated rings. The molecule has 6 nitrogen and oxygen atoms in total. The minimum Gasteiger partial charge on any atom is -0.390 e. The summed E-state index contributed by atoms with van der Waals surface area (Å²) < 4.78 is 0. The molecule has 0 aliphatic carbocycles. The number of hydrogen-bond acceptors (Lipinski definition) is 6. The molecule has 3 heterocycles. The van der Waals surface area contributed by atoms with Gasteiger partial charge in [0.05, 0.1) is 6.10 Å². The van der Waals surface area contributed by atoms with Gasteiger partial charge in [-0.2, -0.15) is 0 Å². The summed E-state index contributed by atoms with van der Waals surface area (Å²) in [5.74, 6) is 1.55. The Morgan fingerprint density at radius 1 is 1.00 bits per heavy atom. The number of halogens is 1. The second-order valence-electron chi connectivity index (χ2n) is 8.25. The van der Waals surface area contributed by atoms with Crippen LogP contribution in [-0.2, 0) is 13.0 Å². The quantitative estimate of drug-likeness (QED) is 0.648. The summed E-state index contributed by atoms with van der Waals surface area (Å²) in [6.07, 6.45) is 3.11. The highest BCUT2D eigenvalue weighted by Gasteiger charge is 2.34. The maximum absolute atomic E-state index is 11.0. The van der Waals surface area contributed by atoms with Gasteiger partial charge in [0.1, 0.15) is 18.0 Å². The van der Waals surface area contributed by atoms with Crippen LogP contribution < -0.4 is 10.2 Å². The van der Waals surface area contributed by atoms with Gasteiger partial charge in [0.15, 0.2) is 0 Å². The molecule has 5 rings (SSSR count). The normalized spacial score (nSPS) is 21.5. The highest BCUT2D eigenvalue weighted by atomic mass is 35.5. The fraction of sp³-hybridized carbons (Fsp3) is 0.333. The number of nitrogens with zero attached hydrogens (tertiary/aromatic N) is 4. The summed E-state index contributed by atoms with van der Waals surface area (Å²) in [6, 6.07) is 18.3. The third-order valence-corrected chi connectivity index (χ3v) is 6.52. The van der Waals surface area contributed by atoms with Gasteiger partial charge in [0.25, 0.3) is 0 Å². The molecule has 1 aromatic heterocycles. The topological polar surface area (TPSA) is 64.5 Å². The molecule has 160 valence electrons. The van der Waals surface area contributed by atoms with E-state index in [9.17, 15) is 5.11 Å². The molecular weight excluding hydrogens is 410 g/mol. The summed E-state index contributed by atoms with van der Waals surface area (Å²) in [7, 11) is 0. The number of aliphatic hydroxyl groups is 1. The van der Waals surface area contributed by atoms with Crippen molar-refractivity contribution in [3.8, 4) is 0 Å². The van der Waals surface area contributed by atoms with E-state index in [1.807, 2.05) is 30.3 Å². The van der Waals surface area contributed by atoms with Gasteiger partial charge in [-0.05, 0) is 48.2 Å². The van der Waals surface area contributed by atoms with Crippen LogP contribution in [0.3, 0.4) is 0 Å². The lowest BCUT2D eigenvalue weighted by atomic mass is 9.94. The van der Waals surface area contributed by atoms with Crippen LogP contribution in [0.5, 0.6) is 0 Å². The van der Waals surface area contributed by atoms with E-state index in [0.29, 0.717) is 11.6 Å². The predicted molar refractivity (Wildman–Crippen MR) is 124 cm³/mol. The highest BCUT2D eigenvalue weighted by molar-refractivity contribution is 6.30. The monoisotopic (exact) mass is 435 g/mol. The zero-order chi connectivity index (χ0) is 21.2. The number of hydrogen-bond donors (Lipinski definition) is 2. The zero-order valence-electron chi connectivity index (χ0n) is 17.3. The predicted octanol–water partition coefficient (Wildman–Crippen LogP) is 3.87. The van der Waals surface area contributed by atoms with Crippen molar-refractivity contribution >= 4 is 28.9 Å². The Labute approximate surface area is 187 Å². The molecule has 0 bridgehead atoms.